The van der Waals surface area contributed by atoms with Crippen molar-refractivity contribution < 1.29 is 14.5 Å². The number of nitriles is 1. The molecule has 0 aliphatic heterocycles. The molecule has 33 heavy (non-hydrogen) atoms. The largest absolute Gasteiger partial charge is 0.462 e. The molecule has 2 aromatic carbocycles. The third kappa shape index (κ3) is 3.88. The van der Waals surface area contributed by atoms with E-state index in [1.165, 1.54) is 12.1 Å². The predicted octanol–water partition coefficient (Wildman–Crippen LogP) is 5.40. The standard InChI is InChI=1S/C25H20N4O4/c1-3-33-25(30)20-13-23(18-10-7-11-19(12-18)29(31)32)28(16(20)2)24-21(14-26)22(15-27-24)17-8-5-4-6-9-17/h4-13,15,27H,3H2,1-2H3. The number of esters is 1. The van der Waals surface area contributed by atoms with E-state index < -0.39 is 10.9 Å². The van der Waals surface area contributed by atoms with Crippen molar-refractivity contribution in [2.24, 2.45) is 0 Å². The number of hydrogen-bond donors (Lipinski definition) is 1. The van der Waals surface area contributed by atoms with Crippen molar-refractivity contribution in [2.45, 2.75) is 13.8 Å². The summed E-state index contributed by atoms with van der Waals surface area (Å²) in [6.07, 6.45) is 1.74. The topological polar surface area (TPSA) is 114 Å². The Bertz CT molecular complexity index is 1390. The normalized spacial score (nSPS) is 10.6. The number of carbonyl (C=O) groups is 1. The molecule has 0 aliphatic carbocycles. The van der Waals surface area contributed by atoms with Crippen molar-refractivity contribution in [1.82, 2.24) is 9.55 Å². The van der Waals surface area contributed by atoms with Crippen molar-refractivity contribution in [3.05, 3.63) is 93.8 Å². The van der Waals surface area contributed by atoms with Crippen LogP contribution in [0.5, 0.6) is 0 Å². The second-order valence-corrected chi connectivity index (χ2v) is 7.30. The number of H-pyrrole nitrogens is 1. The molecule has 4 rings (SSSR count). The fourth-order valence-corrected chi connectivity index (χ4v) is 3.85. The molecule has 0 amide bonds. The minimum Gasteiger partial charge on any atom is -0.462 e. The number of nitro groups is 1. The van der Waals surface area contributed by atoms with Gasteiger partial charge < -0.3 is 9.72 Å². The molecule has 1 N–H and O–H groups in total. The van der Waals surface area contributed by atoms with Crippen LogP contribution in [0.4, 0.5) is 5.69 Å². The molecular weight excluding hydrogens is 420 g/mol. The number of nitro benzene ring substituents is 1. The van der Waals surface area contributed by atoms with E-state index in [-0.39, 0.29) is 12.3 Å². The molecule has 0 bridgehead atoms. The molecule has 0 atom stereocenters. The number of rotatable bonds is 6. The summed E-state index contributed by atoms with van der Waals surface area (Å²) in [7, 11) is 0. The zero-order valence-electron chi connectivity index (χ0n) is 18.0. The van der Waals surface area contributed by atoms with Crippen molar-refractivity contribution in [3.63, 3.8) is 0 Å². The highest BCUT2D eigenvalue weighted by atomic mass is 16.6. The number of aromatic amines is 1. The molecular formula is C25H20N4O4. The molecule has 2 aromatic heterocycles. The third-order valence-corrected chi connectivity index (χ3v) is 5.37. The molecule has 0 spiro atoms. The zero-order chi connectivity index (χ0) is 23.5. The molecule has 0 saturated carbocycles. The maximum absolute atomic E-state index is 12.6. The minimum absolute atomic E-state index is 0.0763. The van der Waals surface area contributed by atoms with E-state index in [1.807, 2.05) is 30.3 Å². The number of nitrogens with zero attached hydrogens (tertiary/aromatic N) is 3. The van der Waals surface area contributed by atoms with E-state index in [0.717, 1.165) is 5.56 Å². The first-order valence-electron chi connectivity index (χ1n) is 10.3. The smallest absolute Gasteiger partial charge is 0.339 e. The van der Waals surface area contributed by atoms with Crippen LogP contribution in [0.25, 0.3) is 28.2 Å². The van der Waals surface area contributed by atoms with Gasteiger partial charge in [-0.2, -0.15) is 5.26 Å². The number of ether oxygens (including phenoxy) is 1. The highest BCUT2D eigenvalue weighted by molar-refractivity contribution is 5.93. The first-order chi connectivity index (χ1) is 16.0. The van der Waals surface area contributed by atoms with Gasteiger partial charge in [-0.05, 0) is 25.5 Å². The van der Waals surface area contributed by atoms with Gasteiger partial charge in [-0.15, -0.1) is 0 Å². The fourth-order valence-electron chi connectivity index (χ4n) is 3.85. The average molecular weight is 440 g/mol. The molecule has 4 aromatic rings. The molecule has 0 unspecified atom stereocenters. The predicted molar refractivity (Wildman–Crippen MR) is 123 cm³/mol. The van der Waals surface area contributed by atoms with Gasteiger partial charge in [0, 0.05) is 35.2 Å². The summed E-state index contributed by atoms with van der Waals surface area (Å²) in [5, 5.41) is 21.4. The zero-order valence-corrected chi connectivity index (χ0v) is 18.0. The van der Waals surface area contributed by atoms with Gasteiger partial charge >= 0.3 is 5.97 Å². The number of aromatic nitrogens is 2. The summed E-state index contributed by atoms with van der Waals surface area (Å²) >= 11 is 0. The molecule has 0 fully saturated rings. The van der Waals surface area contributed by atoms with E-state index in [4.69, 9.17) is 4.74 Å². The Morgan fingerprint density at radius 1 is 1.15 bits per heavy atom. The van der Waals surface area contributed by atoms with Gasteiger partial charge in [-0.1, -0.05) is 42.5 Å². The van der Waals surface area contributed by atoms with E-state index in [2.05, 4.69) is 11.1 Å². The van der Waals surface area contributed by atoms with Crippen LogP contribution in [0.15, 0.2) is 66.9 Å². The van der Waals surface area contributed by atoms with Crippen LogP contribution in [0.3, 0.4) is 0 Å². The number of non-ortho nitro benzene ring substituents is 1. The summed E-state index contributed by atoms with van der Waals surface area (Å²) in [6.45, 7) is 3.67. The second kappa shape index (κ2) is 8.85. The Hall–Kier alpha value is -4.64. The van der Waals surface area contributed by atoms with Crippen LogP contribution in [-0.2, 0) is 4.74 Å². The van der Waals surface area contributed by atoms with Gasteiger partial charge in [0.05, 0.1) is 22.8 Å². The molecule has 8 heteroatoms. The summed E-state index contributed by atoms with van der Waals surface area (Å²) < 4.78 is 6.94. The Morgan fingerprint density at radius 2 is 1.88 bits per heavy atom. The summed E-state index contributed by atoms with van der Waals surface area (Å²) in [6, 6.07) is 19.5. The maximum Gasteiger partial charge on any atom is 0.339 e. The fraction of sp³-hybridized carbons (Fsp3) is 0.120. The monoisotopic (exact) mass is 440 g/mol. The van der Waals surface area contributed by atoms with Crippen LogP contribution in [-0.4, -0.2) is 27.1 Å². The number of benzene rings is 2. The maximum atomic E-state index is 12.6. The van der Waals surface area contributed by atoms with Crippen LogP contribution in [0.1, 0.15) is 28.5 Å². The molecule has 8 nitrogen and oxygen atoms in total. The number of hydrogen-bond acceptors (Lipinski definition) is 5. The summed E-state index contributed by atoms with van der Waals surface area (Å²) in [5.41, 5.74) is 3.81. The lowest BCUT2D eigenvalue weighted by atomic mass is 10.0. The van der Waals surface area contributed by atoms with Crippen molar-refractivity contribution in [1.29, 1.82) is 5.26 Å². The molecule has 164 valence electrons. The first kappa shape index (κ1) is 21.6. The van der Waals surface area contributed by atoms with Gasteiger partial charge in [0.25, 0.3) is 5.69 Å². The molecule has 0 aliphatic rings. The Labute approximate surface area is 189 Å². The number of nitrogens with one attached hydrogen (secondary N) is 1. The Balaban J connectivity index is 1.98. The first-order valence-corrected chi connectivity index (χ1v) is 10.3. The average Bonchev–Trinajstić information content (AvgIpc) is 3.40. The number of carbonyl (C=O) groups excluding carboxylic acids is 1. The van der Waals surface area contributed by atoms with Crippen LogP contribution in [0, 0.1) is 28.4 Å². The SMILES string of the molecule is CCOC(=O)c1cc(-c2cccc([N+](=O)[O-])c2)n(-c2[nH]cc(-c3ccccc3)c2C#N)c1C. The van der Waals surface area contributed by atoms with Crippen LogP contribution >= 0.6 is 0 Å². The summed E-state index contributed by atoms with van der Waals surface area (Å²) in [5.74, 6) is -0.0420. The quantitative estimate of drug-likeness (QED) is 0.245. The van der Waals surface area contributed by atoms with Crippen molar-refractivity contribution in [3.8, 4) is 34.3 Å². The lowest BCUT2D eigenvalue weighted by Gasteiger charge is -2.11. The Kier molecular flexibility index (Phi) is 5.79. The molecule has 2 heterocycles. The highest BCUT2D eigenvalue weighted by Crippen LogP contribution is 2.35. The van der Waals surface area contributed by atoms with Crippen LogP contribution in [0.2, 0.25) is 0 Å². The second-order valence-electron chi connectivity index (χ2n) is 7.30. The van der Waals surface area contributed by atoms with Gasteiger partial charge in [0.15, 0.2) is 0 Å². The summed E-state index contributed by atoms with van der Waals surface area (Å²) in [4.78, 5) is 26.7. The van der Waals surface area contributed by atoms with E-state index >= 15 is 0 Å². The van der Waals surface area contributed by atoms with E-state index in [0.29, 0.717) is 39.5 Å². The Morgan fingerprint density at radius 3 is 2.55 bits per heavy atom. The van der Waals surface area contributed by atoms with Crippen molar-refractivity contribution >= 4 is 11.7 Å². The minimum atomic E-state index is -0.506. The van der Waals surface area contributed by atoms with Crippen LogP contribution < -0.4 is 0 Å². The van der Waals surface area contributed by atoms with E-state index in [1.54, 1.807) is 42.8 Å². The third-order valence-electron chi connectivity index (χ3n) is 5.37. The lowest BCUT2D eigenvalue weighted by molar-refractivity contribution is -0.384. The van der Waals surface area contributed by atoms with Gasteiger partial charge in [0.1, 0.15) is 17.5 Å². The molecule has 0 saturated heterocycles. The highest BCUT2D eigenvalue weighted by Gasteiger charge is 2.25. The van der Waals surface area contributed by atoms with Crippen molar-refractivity contribution in [2.75, 3.05) is 6.61 Å². The van der Waals surface area contributed by atoms with Gasteiger partial charge in [-0.25, -0.2) is 4.79 Å². The molecule has 0 radical (unpaired) electrons. The van der Waals surface area contributed by atoms with Gasteiger partial charge in [-0.3, -0.25) is 14.7 Å². The van der Waals surface area contributed by atoms with E-state index in [9.17, 15) is 20.2 Å². The van der Waals surface area contributed by atoms with Gasteiger partial charge in [0.2, 0.25) is 0 Å². The lowest BCUT2D eigenvalue weighted by Crippen LogP contribution is -2.07.